The van der Waals surface area contributed by atoms with Crippen LogP contribution >= 0.6 is 0 Å². The van der Waals surface area contributed by atoms with Gasteiger partial charge >= 0.3 is 0 Å². The molecule has 1 aromatic heterocycles. The Morgan fingerprint density at radius 3 is 2.47 bits per heavy atom. The maximum absolute atomic E-state index is 12.7. The Morgan fingerprint density at radius 1 is 1.16 bits per heavy atom. The van der Waals surface area contributed by atoms with Crippen LogP contribution in [0.5, 0.6) is 5.75 Å². The molecule has 1 aliphatic heterocycles. The minimum atomic E-state index is 0.00656. The number of amides is 1. The van der Waals surface area contributed by atoms with Gasteiger partial charge in [0.2, 0.25) is 0 Å². The van der Waals surface area contributed by atoms with Crippen LogP contribution < -0.4 is 10.1 Å². The lowest BCUT2D eigenvalue weighted by molar-refractivity contribution is 0.0767. The van der Waals surface area contributed by atoms with E-state index in [1.165, 1.54) is 29.5 Å². The molecular formula is C27H39N3O2. The van der Waals surface area contributed by atoms with Crippen LogP contribution in [-0.4, -0.2) is 49.1 Å². The first-order valence-electron chi connectivity index (χ1n) is 12.2. The Bertz CT molecular complexity index is 884. The van der Waals surface area contributed by atoms with Crippen molar-refractivity contribution in [2.45, 2.75) is 59.3 Å². The van der Waals surface area contributed by atoms with Gasteiger partial charge in [0.15, 0.2) is 0 Å². The van der Waals surface area contributed by atoms with Crippen LogP contribution in [0, 0.1) is 5.41 Å². The first-order chi connectivity index (χ1) is 15.6. The van der Waals surface area contributed by atoms with E-state index in [0.29, 0.717) is 24.2 Å². The summed E-state index contributed by atoms with van der Waals surface area (Å²) in [6, 6.07) is 10.5. The van der Waals surface area contributed by atoms with E-state index in [4.69, 9.17) is 4.74 Å². The van der Waals surface area contributed by atoms with E-state index in [0.717, 1.165) is 31.7 Å². The average Bonchev–Trinajstić information content (AvgIpc) is 2.86. The van der Waals surface area contributed by atoms with E-state index >= 15 is 0 Å². The normalized spacial score (nSPS) is 18.8. The smallest absolute Gasteiger partial charge is 0.272 e. The number of nitrogens with one attached hydrogen (secondary N) is 1. The van der Waals surface area contributed by atoms with Gasteiger partial charge in [-0.3, -0.25) is 9.78 Å². The summed E-state index contributed by atoms with van der Waals surface area (Å²) < 4.78 is 5.53. The summed E-state index contributed by atoms with van der Waals surface area (Å²) in [5.41, 5.74) is 4.84. The van der Waals surface area contributed by atoms with Crippen molar-refractivity contribution < 1.29 is 9.53 Å². The van der Waals surface area contributed by atoms with Crippen LogP contribution in [-0.2, 0) is 6.42 Å². The fourth-order valence-corrected chi connectivity index (χ4v) is 5.25. The molecular weight excluding hydrogens is 398 g/mol. The third-order valence-corrected chi connectivity index (χ3v) is 7.05. The van der Waals surface area contributed by atoms with Crippen molar-refractivity contribution in [2.24, 2.45) is 5.41 Å². The number of carbonyl (C=O) groups excluding carboxylic acids is 1. The molecule has 2 aliphatic rings. The predicted molar refractivity (Wildman–Crippen MR) is 131 cm³/mol. The minimum absolute atomic E-state index is 0.00656. The highest BCUT2D eigenvalue weighted by atomic mass is 16.5. The third-order valence-electron chi connectivity index (χ3n) is 7.05. The number of fused-ring (bicyclic) bond motifs is 1. The summed E-state index contributed by atoms with van der Waals surface area (Å²) in [6.45, 7) is 11.6. The maximum Gasteiger partial charge on any atom is 0.272 e. The van der Waals surface area contributed by atoms with Gasteiger partial charge in [0, 0.05) is 25.2 Å². The molecule has 0 saturated carbocycles. The summed E-state index contributed by atoms with van der Waals surface area (Å²) in [5, 5.41) is 3.52. The van der Waals surface area contributed by atoms with Gasteiger partial charge in [-0.15, -0.1) is 0 Å². The Balaban J connectivity index is 0.00000141. The molecule has 1 aliphatic carbocycles. The number of hydrogen-bond donors (Lipinski definition) is 1. The highest BCUT2D eigenvalue weighted by Crippen LogP contribution is 2.50. The van der Waals surface area contributed by atoms with Crippen molar-refractivity contribution in [3.05, 3.63) is 58.9 Å². The lowest BCUT2D eigenvalue weighted by Crippen LogP contribution is -2.41. The predicted octanol–water partition coefficient (Wildman–Crippen LogP) is 5.05. The fraction of sp³-hybridized carbons (Fsp3) is 0.556. The van der Waals surface area contributed by atoms with E-state index in [1.54, 1.807) is 7.11 Å². The molecule has 2 aromatic rings. The monoisotopic (exact) mass is 437 g/mol. The standard InChI is InChI=1S/C25H33N3O2.C2H6/c1-4-28(5-2)24(29)23-9-7-19(17-27-23)22-16-25(10-12-26-13-11-25)15-18-6-8-20(30-3)14-21(18)22;1-2/h6-9,14,17,22,26H,4-5,10-13,15-16H2,1-3H3;1-2H3. The van der Waals surface area contributed by atoms with E-state index in [2.05, 4.69) is 34.6 Å². The summed E-state index contributed by atoms with van der Waals surface area (Å²) in [7, 11) is 1.73. The van der Waals surface area contributed by atoms with E-state index in [1.807, 2.05) is 44.9 Å². The van der Waals surface area contributed by atoms with Crippen molar-refractivity contribution in [1.29, 1.82) is 0 Å². The molecule has 1 unspecified atom stereocenters. The summed E-state index contributed by atoms with van der Waals surface area (Å²) in [4.78, 5) is 19.1. The van der Waals surface area contributed by atoms with Gasteiger partial charge in [-0.1, -0.05) is 26.0 Å². The van der Waals surface area contributed by atoms with Crippen LogP contribution in [0.25, 0.3) is 0 Å². The first kappa shape index (κ1) is 24.2. The SMILES string of the molecule is CC.CCN(CC)C(=O)c1ccc(C2CC3(CCNCC3)Cc3ccc(OC)cc32)cn1. The lowest BCUT2D eigenvalue weighted by atomic mass is 9.62. The molecule has 1 N–H and O–H groups in total. The summed E-state index contributed by atoms with van der Waals surface area (Å²) in [6.07, 6.45) is 6.60. The summed E-state index contributed by atoms with van der Waals surface area (Å²) in [5.74, 6) is 1.19. The number of aromatic nitrogens is 1. The largest absolute Gasteiger partial charge is 0.497 e. The molecule has 174 valence electrons. The number of benzene rings is 1. The molecule has 1 aromatic carbocycles. The minimum Gasteiger partial charge on any atom is -0.497 e. The number of rotatable bonds is 5. The van der Waals surface area contributed by atoms with E-state index < -0.39 is 0 Å². The third kappa shape index (κ3) is 4.98. The van der Waals surface area contributed by atoms with Gasteiger partial charge in [0.1, 0.15) is 11.4 Å². The van der Waals surface area contributed by atoms with Crippen molar-refractivity contribution >= 4 is 5.91 Å². The Hall–Kier alpha value is -2.40. The van der Waals surface area contributed by atoms with Gasteiger partial charge in [0.25, 0.3) is 5.91 Å². The number of nitrogens with zero attached hydrogens (tertiary/aromatic N) is 2. The van der Waals surface area contributed by atoms with Crippen molar-refractivity contribution in [1.82, 2.24) is 15.2 Å². The van der Waals surface area contributed by atoms with Crippen LogP contribution in [0.1, 0.15) is 80.1 Å². The second-order valence-corrected chi connectivity index (χ2v) is 8.70. The molecule has 32 heavy (non-hydrogen) atoms. The van der Waals surface area contributed by atoms with E-state index in [-0.39, 0.29) is 11.8 Å². The molecule has 5 nitrogen and oxygen atoms in total. The Morgan fingerprint density at radius 2 is 1.88 bits per heavy atom. The quantitative estimate of drug-likeness (QED) is 0.711. The van der Waals surface area contributed by atoms with Crippen LogP contribution in [0.2, 0.25) is 0 Å². The Labute approximate surface area is 193 Å². The zero-order valence-electron chi connectivity index (χ0n) is 20.4. The Kier molecular flexibility index (Phi) is 8.30. The highest BCUT2D eigenvalue weighted by Gasteiger charge is 2.40. The molecule has 2 heterocycles. The number of methoxy groups -OCH3 is 1. The number of carbonyl (C=O) groups is 1. The van der Waals surface area contributed by atoms with Crippen LogP contribution in [0.15, 0.2) is 36.5 Å². The average molecular weight is 438 g/mol. The molecule has 0 bridgehead atoms. The van der Waals surface area contributed by atoms with Gasteiger partial charge in [-0.2, -0.15) is 0 Å². The highest BCUT2D eigenvalue weighted by molar-refractivity contribution is 5.92. The van der Waals surface area contributed by atoms with Gasteiger partial charge < -0.3 is 15.0 Å². The molecule has 1 atom stereocenters. The second-order valence-electron chi connectivity index (χ2n) is 8.70. The summed E-state index contributed by atoms with van der Waals surface area (Å²) >= 11 is 0. The van der Waals surface area contributed by atoms with Gasteiger partial charge in [-0.05, 0) is 92.9 Å². The molecule has 1 spiro atoms. The topological polar surface area (TPSA) is 54.5 Å². The number of piperidine rings is 1. The molecule has 0 radical (unpaired) electrons. The fourth-order valence-electron chi connectivity index (χ4n) is 5.25. The maximum atomic E-state index is 12.7. The van der Waals surface area contributed by atoms with Crippen LogP contribution in [0.4, 0.5) is 0 Å². The van der Waals surface area contributed by atoms with Crippen molar-refractivity contribution in [3.63, 3.8) is 0 Å². The number of hydrogen-bond acceptors (Lipinski definition) is 4. The number of ether oxygens (including phenoxy) is 1. The van der Waals surface area contributed by atoms with E-state index in [9.17, 15) is 4.79 Å². The van der Waals surface area contributed by atoms with Crippen molar-refractivity contribution in [2.75, 3.05) is 33.3 Å². The van der Waals surface area contributed by atoms with Crippen molar-refractivity contribution in [3.8, 4) is 5.75 Å². The molecule has 1 saturated heterocycles. The zero-order chi connectivity index (χ0) is 23.1. The van der Waals surface area contributed by atoms with Crippen LogP contribution in [0.3, 0.4) is 0 Å². The molecule has 1 amide bonds. The molecule has 1 fully saturated rings. The first-order valence-corrected chi connectivity index (χ1v) is 12.2. The van der Waals surface area contributed by atoms with Gasteiger partial charge in [0.05, 0.1) is 7.11 Å². The second kappa shape index (κ2) is 11.0. The number of pyridine rings is 1. The molecule has 5 heteroatoms. The molecule has 4 rings (SSSR count). The zero-order valence-corrected chi connectivity index (χ0v) is 20.4. The lowest BCUT2D eigenvalue weighted by Gasteiger charge is -2.45. The van der Waals surface area contributed by atoms with Gasteiger partial charge in [-0.25, -0.2) is 0 Å².